The van der Waals surface area contributed by atoms with E-state index in [9.17, 15) is 10.1 Å². The summed E-state index contributed by atoms with van der Waals surface area (Å²) in [6.07, 6.45) is 0. The monoisotopic (exact) mass is 658 g/mol. The van der Waals surface area contributed by atoms with Crippen molar-refractivity contribution in [3.05, 3.63) is 105 Å². The fourth-order valence-corrected chi connectivity index (χ4v) is 7.00. The number of non-ortho nitro benzene ring substituents is 1. The molecular weight excluding hydrogens is 622 g/mol. The third-order valence-corrected chi connectivity index (χ3v) is 8.31. The maximum atomic E-state index is 10.6. The first kappa shape index (κ1) is 31.1. The van der Waals surface area contributed by atoms with Gasteiger partial charge in [0.25, 0.3) is 0 Å². The van der Waals surface area contributed by atoms with Crippen molar-refractivity contribution in [2.45, 2.75) is 41.5 Å². The van der Waals surface area contributed by atoms with E-state index in [0.29, 0.717) is 11.3 Å². The molecule has 0 aliphatic carbocycles. The molecule has 39 heavy (non-hydrogen) atoms. The van der Waals surface area contributed by atoms with Crippen LogP contribution in [-0.4, -0.2) is 29.7 Å². The summed E-state index contributed by atoms with van der Waals surface area (Å²) in [7, 11) is 16.8. The van der Waals surface area contributed by atoms with Crippen LogP contribution >= 0.6 is 19.4 Å². The van der Waals surface area contributed by atoms with Crippen LogP contribution in [0.5, 0.6) is 5.75 Å². The first-order valence-corrected chi connectivity index (χ1v) is 17.9. The number of anilines is 2. The molecule has 1 aliphatic rings. The molecule has 1 heterocycles. The third kappa shape index (κ3) is 7.81. The number of hydrogen-bond donors (Lipinski definition) is 0. The zero-order chi connectivity index (χ0) is 29.0. The normalized spacial score (nSPS) is 13.1. The van der Waals surface area contributed by atoms with Gasteiger partial charge in [-0.25, -0.2) is 0 Å². The van der Waals surface area contributed by atoms with Crippen molar-refractivity contribution in [2.75, 3.05) is 30.0 Å². The summed E-state index contributed by atoms with van der Waals surface area (Å²) in [6.45, 7) is 17.6. The van der Waals surface area contributed by atoms with Gasteiger partial charge in [0, 0.05) is 24.5 Å². The zero-order valence-corrected chi connectivity index (χ0v) is 26.7. The summed E-state index contributed by atoms with van der Waals surface area (Å²) >= 11 is -2.03. The molecule has 0 saturated carbocycles. The molecule has 0 radical (unpaired) electrons. The van der Waals surface area contributed by atoms with Crippen LogP contribution in [-0.2, 0) is 17.9 Å². The number of halogens is 2. The van der Waals surface area contributed by atoms with Gasteiger partial charge in [-0.15, -0.1) is 0 Å². The molecule has 9 heteroatoms. The second-order valence-electron chi connectivity index (χ2n) is 9.92. The van der Waals surface area contributed by atoms with Crippen molar-refractivity contribution < 1.29 is 22.8 Å². The fraction of sp³-hybridized carbons (Fsp3) is 0.300. The van der Waals surface area contributed by atoms with E-state index in [-0.39, 0.29) is 5.69 Å². The van der Waals surface area contributed by atoms with Crippen molar-refractivity contribution in [2.24, 2.45) is 0 Å². The van der Waals surface area contributed by atoms with Crippen molar-refractivity contribution in [1.29, 1.82) is 0 Å². The first-order chi connectivity index (χ1) is 18.3. The van der Waals surface area contributed by atoms with Gasteiger partial charge in [-0.2, -0.15) is 6.67 Å². The minimum atomic E-state index is -2.03. The van der Waals surface area contributed by atoms with Crippen molar-refractivity contribution in [3.8, 4) is 5.75 Å². The molecule has 3 aromatic carbocycles. The van der Waals surface area contributed by atoms with E-state index in [1.807, 2.05) is 0 Å². The van der Waals surface area contributed by atoms with Crippen LogP contribution in [0.3, 0.4) is 0 Å². The van der Waals surface area contributed by atoms with Crippen LogP contribution in [0.25, 0.3) is 0 Å². The molecule has 3 aromatic rings. The van der Waals surface area contributed by atoms with Gasteiger partial charge in [0.05, 0.1) is 0 Å². The van der Waals surface area contributed by atoms with E-state index in [1.54, 1.807) is 17.8 Å². The molecule has 0 aromatic heterocycles. The average molecular weight is 659 g/mol. The second kappa shape index (κ2) is 13.3. The van der Waals surface area contributed by atoms with E-state index in [0.717, 1.165) is 13.1 Å². The quantitative estimate of drug-likeness (QED) is 0.0910. The van der Waals surface area contributed by atoms with Gasteiger partial charge in [0.2, 0.25) is 0 Å². The van der Waals surface area contributed by atoms with Gasteiger partial charge in [0.1, 0.15) is 0 Å². The standard InChI is InChI=1S/C21H27N2.C9H9NO3.2ClH.Ru/c1-14-9-16(3)20(17(4)10-14)22-7-8-23(13-22)21-18(5)11-15(2)12-19(21)6;1-7-6-8(10(11)12)4-5-9(7)13(2)3;;;/h9-13H,7-8H2,1-6H3;1,4-6H,2H2,3H3;2*1H;/q-1;;;;+2/p-2. The van der Waals surface area contributed by atoms with Gasteiger partial charge in [-0.1, -0.05) is 35.4 Å². The molecule has 0 bridgehead atoms. The van der Waals surface area contributed by atoms with Crippen LogP contribution in [0.2, 0.25) is 0 Å². The zero-order valence-electron chi connectivity index (χ0n) is 23.5. The predicted molar refractivity (Wildman–Crippen MR) is 162 cm³/mol. The Morgan fingerprint density at radius 1 is 0.897 bits per heavy atom. The number of nitro groups is 1. The number of nitrogens with zero attached hydrogens (tertiary/aromatic N) is 3. The van der Waals surface area contributed by atoms with Crippen molar-refractivity contribution in [1.82, 2.24) is 0 Å². The Balaban J connectivity index is 0.000000231. The number of aryl methyl sites for hydroxylation is 6. The second-order valence-corrected chi connectivity index (χ2v) is 15.6. The first-order valence-electron chi connectivity index (χ1n) is 12.4. The van der Waals surface area contributed by atoms with Gasteiger partial charge < -0.3 is 9.80 Å². The molecule has 6 nitrogen and oxygen atoms in total. The van der Waals surface area contributed by atoms with Crippen molar-refractivity contribution >= 4 is 41.1 Å². The van der Waals surface area contributed by atoms with Crippen LogP contribution in [0.4, 0.5) is 17.1 Å². The van der Waals surface area contributed by atoms with E-state index < -0.39 is 18.4 Å². The molecular formula is C30H36Cl2N3O3Ru-. The van der Waals surface area contributed by atoms with Gasteiger partial charge in [0.15, 0.2) is 0 Å². The summed E-state index contributed by atoms with van der Waals surface area (Å²) < 4.78 is 4.04. The van der Waals surface area contributed by atoms with E-state index in [2.05, 4.69) is 93.8 Å². The Bertz CT molecular complexity index is 1290. The topological polar surface area (TPSA) is 52.3 Å². The third-order valence-electron chi connectivity index (χ3n) is 6.47. The fourth-order valence-electron chi connectivity index (χ4n) is 5.22. The summed E-state index contributed by atoms with van der Waals surface area (Å²) in [5.74, 6) is 0.672. The Morgan fingerprint density at radius 2 is 1.33 bits per heavy atom. The van der Waals surface area contributed by atoms with E-state index in [4.69, 9.17) is 19.4 Å². The Kier molecular flexibility index (Phi) is 10.6. The van der Waals surface area contributed by atoms with Crippen LogP contribution in [0, 0.1) is 65.4 Å². The molecule has 1 aliphatic heterocycles. The SMILES string of the molecule is Cc1cc(C)c(N2[CH-]N(c3c(C)cc(C)cc3C)CC2)c(C)c1.[CH2-][O+](C)c1ccc([N+](=O)[O-])cc1[CH]=[Ru]([Cl])[Cl]. The number of hydrogen-bond acceptors (Lipinski definition) is 4. The average Bonchev–Trinajstić information content (AvgIpc) is 3.26. The Morgan fingerprint density at radius 3 is 1.69 bits per heavy atom. The molecule has 0 N–H and O–H groups in total. The number of nitro benzene ring substituents is 1. The molecule has 4 rings (SSSR count). The van der Waals surface area contributed by atoms with E-state index >= 15 is 0 Å². The summed E-state index contributed by atoms with van der Waals surface area (Å²) in [5.41, 5.74) is 11.4. The van der Waals surface area contributed by atoms with Crippen molar-refractivity contribution in [3.63, 3.8) is 0 Å². The predicted octanol–water partition coefficient (Wildman–Crippen LogP) is 8.34. The summed E-state index contributed by atoms with van der Waals surface area (Å²) in [5, 5.41) is 10.6. The summed E-state index contributed by atoms with van der Waals surface area (Å²) in [4.78, 5) is 15.0. The Hall–Kier alpha value is -2.47. The van der Waals surface area contributed by atoms with E-state index in [1.165, 1.54) is 56.9 Å². The van der Waals surface area contributed by atoms with Gasteiger partial charge >= 0.3 is 106 Å². The van der Waals surface area contributed by atoms with Crippen LogP contribution in [0.15, 0.2) is 42.5 Å². The molecule has 0 atom stereocenters. The molecule has 212 valence electrons. The Labute approximate surface area is 245 Å². The number of benzene rings is 3. The van der Waals surface area contributed by atoms with Crippen LogP contribution in [0.1, 0.15) is 38.9 Å². The van der Waals surface area contributed by atoms with Gasteiger partial charge in [-0.05, 0) is 63.8 Å². The summed E-state index contributed by atoms with van der Waals surface area (Å²) in [6, 6.07) is 13.5. The van der Waals surface area contributed by atoms with Gasteiger partial charge in [-0.3, -0.25) is 0 Å². The number of rotatable bonds is 5. The molecule has 1 saturated heterocycles. The molecule has 1 fully saturated rings. The van der Waals surface area contributed by atoms with Crippen LogP contribution < -0.4 is 9.80 Å². The molecule has 0 spiro atoms. The molecule has 0 unspecified atom stereocenters. The minimum absolute atomic E-state index is 0.00111. The maximum absolute atomic E-state index is 10.6. The molecule has 0 amide bonds.